The minimum Gasteiger partial charge on any atom is -0.479 e. The van der Waals surface area contributed by atoms with Gasteiger partial charge in [-0.1, -0.05) is 5.16 Å². The number of aromatic nitrogens is 1. The lowest BCUT2D eigenvalue weighted by Gasteiger charge is -2.52. The quantitative estimate of drug-likeness (QED) is 0.132. The van der Waals surface area contributed by atoms with Gasteiger partial charge in [0.15, 0.2) is 16.6 Å². The highest BCUT2D eigenvalue weighted by Crippen LogP contribution is 2.40. The van der Waals surface area contributed by atoms with E-state index in [1.54, 1.807) is 0 Å². The first-order valence-corrected chi connectivity index (χ1v) is 9.98. The van der Waals surface area contributed by atoms with Crippen molar-refractivity contribution in [3.05, 3.63) is 11.1 Å². The number of hydrogen-bond donors (Lipinski definition) is 5. The number of hydroxylamine groups is 2. The van der Waals surface area contributed by atoms with Gasteiger partial charge in [-0.15, -0.1) is 11.3 Å². The fourth-order valence-corrected chi connectivity index (χ4v) is 3.35. The van der Waals surface area contributed by atoms with E-state index in [2.05, 4.69) is 10.1 Å². The molecule has 1 saturated heterocycles. The summed E-state index contributed by atoms with van der Waals surface area (Å²) in [6.07, 6.45) is -3.81. The number of aliphatic hydroxyl groups is 2. The third-order valence-electron chi connectivity index (χ3n) is 4.68. The number of carbonyl (C=O) groups is 4. The van der Waals surface area contributed by atoms with Crippen LogP contribution >= 0.6 is 11.3 Å². The molecule has 3 atom stereocenters. The van der Waals surface area contributed by atoms with E-state index in [0.717, 1.165) is 16.4 Å². The highest BCUT2D eigenvalue weighted by Gasteiger charge is 2.57. The van der Waals surface area contributed by atoms with Crippen LogP contribution in [0.1, 0.15) is 26.0 Å². The Kier molecular flexibility index (Phi) is 7.84. The van der Waals surface area contributed by atoms with Crippen LogP contribution in [0.3, 0.4) is 0 Å². The van der Waals surface area contributed by atoms with E-state index in [1.165, 1.54) is 19.2 Å². The number of hydrogen-bond acceptors (Lipinski definition) is 12. The Labute approximate surface area is 184 Å². The molecular formula is C17H22N4O10S. The lowest BCUT2D eigenvalue weighted by Crippen LogP contribution is -2.69. The van der Waals surface area contributed by atoms with Crippen molar-refractivity contribution in [1.29, 1.82) is 0 Å². The molecule has 2 unspecified atom stereocenters. The maximum atomic E-state index is 12.9. The molecule has 0 aliphatic carbocycles. The number of aliphatic carboxylic acids is 2. The Bertz CT molecular complexity index is 930. The first-order chi connectivity index (χ1) is 14.9. The molecule has 32 heavy (non-hydrogen) atoms. The number of anilines is 1. The van der Waals surface area contributed by atoms with Gasteiger partial charge in [0.1, 0.15) is 5.69 Å². The summed E-state index contributed by atoms with van der Waals surface area (Å²) < 4.78 is 0. The highest BCUT2D eigenvalue weighted by molar-refractivity contribution is 7.13. The van der Waals surface area contributed by atoms with Crippen LogP contribution in [0.25, 0.3) is 0 Å². The Morgan fingerprint density at radius 1 is 1.25 bits per heavy atom. The summed E-state index contributed by atoms with van der Waals surface area (Å²) >= 11 is 0.986. The number of amides is 1. The summed E-state index contributed by atoms with van der Waals surface area (Å²) in [6, 6.07) is 0. The topological polar surface area (TPSA) is 222 Å². The Hall–Kier alpha value is -3.14. The third-order valence-corrected chi connectivity index (χ3v) is 5.35. The highest BCUT2D eigenvalue weighted by atomic mass is 32.1. The van der Waals surface area contributed by atoms with Gasteiger partial charge in [-0.3, -0.25) is 14.4 Å². The van der Waals surface area contributed by atoms with Crippen LogP contribution < -0.4 is 5.73 Å². The van der Waals surface area contributed by atoms with E-state index in [1.807, 2.05) is 0 Å². The minimum absolute atomic E-state index is 0.0107. The molecule has 1 aromatic rings. The second kappa shape index (κ2) is 9.99. The molecule has 0 aromatic carbocycles. The molecule has 0 spiro atoms. The third kappa shape index (κ3) is 5.18. The van der Waals surface area contributed by atoms with Crippen LogP contribution in [0, 0.1) is 5.92 Å². The number of nitrogen functional groups attached to an aromatic ring is 1. The number of Topliss-reactive ketones (excluding diaryl/α,β-unsaturated/α-hetero) is 1. The fourth-order valence-electron chi connectivity index (χ4n) is 2.80. The number of oxime groups is 1. The number of carboxylic acids is 2. The molecule has 6 N–H and O–H groups in total. The van der Waals surface area contributed by atoms with Crippen molar-refractivity contribution in [2.24, 2.45) is 11.1 Å². The molecule has 14 nitrogen and oxygen atoms in total. The standard InChI is InChI=1S/C17H22N4O10S/c1-17(2)7(13(25)21(17)31-11(5-23)15(28)29)3-9(24)12(8-6-32-16(18)19-8)20-30-10(4-22)14(26)27/h6-7,10-11,22-23H,3-5H2,1-2H3,(H2,18,19)(H,26,27)(H,28,29)/b20-12-/t7-,10?,11?/m1/s1. The number of nitrogens with zero attached hydrogens (tertiary/aromatic N) is 3. The summed E-state index contributed by atoms with van der Waals surface area (Å²) in [6.45, 7) is 1.29. The van der Waals surface area contributed by atoms with Crippen LogP contribution in [0.15, 0.2) is 10.5 Å². The van der Waals surface area contributed by atoms with Crippen LogP contribution in [0.2, 0.25) is 0 Å². The van der Waals surface area contributed by atoms with Crippen molar-refractivity contribution in [1.82, 2.24) is 10.0 Å². The minimum atomic E-state index is -1.73. The maximum Gasteiger partial charge on any atom is 0.350 e. The van der Waals surface area contributed by atoms with E-state index >= 15 is 0 Å². The summed E-state index contributed by atoms with van der Waals surface area (Å²) in [4.78, 5) is 61.2. The van der Waals surface area contributed by atoms with Crippen LogP contribution in [-0.2, 0) is 28.9 Å². The van der Waals surface area contributed by atoms with Crippen LogP contribution in [0.4, 0.5) is 5.13 Å². The van der Waals surface area contributed by atoms with E-state index < -0.39 is 72.6 Å². The number of carbonyl (C=O) groups excluding carboxylic acids is 2. The van der Waals surface area contributed by atoms with Crippen molar-refractivity contribution in [2.45, 2.75) is 38.0 Å². The first kappa shape index (κ1) is 25.1. The summed E-state index contributed by atoms with van der Waals surface area (Å²) in [7, 11) is 0. The van der Waals surface area contributed by atoms with Crippen molar-refractivity contribution >= 4 is 45.8 Å². The molecule has 1 amide bonds. The molecule has 176 valence electrons. The molecule has 1 aromatic heterocycles. The molecule has 1 aliphatic heterocycles. The van der Waals surface area contributed by atoms with Gasteiger partial charge in [0, 0.05) is 11.8 Å². The SMILES string of the molecule is CC1(C)[C@H](CC(=O)/C(=N\OC(CO)C(=O)O)c2csc(N)n2)C(=O)N1OC(CO)C(=O)O. The Morgan fingerprint density at radius 3 is 2.28 bits per heavy atom. The van der Waals surface area contributed by atoms with Crippen molar-refractivity contribution < 1.29 is 49.3 Å². The molecule has 2 heterocycles. The lowest BCUT2D eigenvalue weighted by molar-refractivity contribution is -0.287. The molecular weight excluding hydrogens is 452 g/mol. The normalized spacial score (nSPS) is 19.8. The number of rotatable bonds is 12. The van der Waals surface area contributed by atoms with Gasteiger partial charge in [-0.05, 0) is 13.8 Å². The van der Waals surface area contributed by atoms with E-state index in [9.17, 15) is 19.2 Å². The van der Waals surface area contributed by atoms with E-state index in [0.29, 0.717) is 0 Å². The number of β-lactam (4-membered cyclic amide) rings is 1. The first-order valence-electron chi connectivity index (χ1n) is 9.10. The summed E-state index contributed by atoms with van der Waals surface area (Å²) in [5, 5.41) is 41.9. The second-order valence-corrected chi connectivity index (χ2v) is 8.10. The Balaban J connectivity index is 2.21. The molecule has 2 rings (SSSR count). The molecule has 1 aliphatic rings. The summed E-state index contributed by atoms with van der Waals surface area (Å²) in [5.41, 5.74) is 4.05. The van der Waals surface area contributed by atoms with Gasteiger partial charge in [0.2, 0.25) is 12.2 Å². The second-order valence-electron chi connectivity index (χ2n) is 7.21. The number of nitrogens with two attached hydrogens (primary N) is 1. The predicted molar refractivity (Wildman–Crippen MR) is 106 cm³/mol. The molecule has 0 radical (unpaired) electrons. The van der Waals surface area contributed by atoms with Crippen LogP contribution in [-0.4, -0.2) is 90.8 Å². The molecule has 15 heteroatoms. The zero-order chi connectivity index (χ0) is 24.2. The van der Waals surface area contributed by atoms with Gasteiger partial charge in [0.25, 0.3) is 5.91 Å². The largest absolute Gasteiger partial charge is 0.479 e. The van der Waals surface area contributed by atoms with Gasteiger partial charge >= 0.3 is 11.9 Å². The smallest absolute Gasteiger partial charge is 0.350 e. The summed E-state index contributed by atoms with van der Waals surface area (Å²) in [5.74, 6) is -5.36. The van der Waals surface area contributed by atoms with E-state index in [4.69, 9.17) is 35.8 Å². The molecule has 1 fully saturated rings. The number of carboxylic acid groups (broad SMARTS) is 2. The van der Waals surface area contributed by atoms with E-state index in [-0.39, 0.29) is 10.8 Å². The number of ketones is 1. The average Bonchev–Trinajstić information content (AvgIpc) is 3.14. The molecule has 0 bridgehead atoms. The maximum absolute atomic E-state index is 12.9. The van der Waals surface area contributed by atoms with Crippen molar-refractivity contribution in [3.8, 4) is 0 Å². The van der Waals surface area contributed by atoms with Gasteiger partial charge in [0.05, 0.1) is 24.7 Å². The van der Waals surface area contributed by atoms with Crippen LogP contribution in [0.5, 0.6) is 0 Å². The number of thiazole rings is 1. The molecule has 0 saturated carbocycles. The zero-order valence-electron chi connectivity index (χ0n) is 17.0. The van der Waals surface area contributed by atoms with Gasteiger partial charge < -0.3 is 31.0 Å². The predicted octanol–water partition coefficient (Wildman–Crippen LogP) is -1.54. The zero-order valence-corrected chi connectivity index (χ0v) is 17.8. The van der Waals surface area contributed by atoms with Gasteiger partial charge in [-0.25, -0.2) is 19.6 Å². The monoisotopic (exact) mass is 474 g/mol. The van der Waals surface area contributed by atoms with Crippen molar-refractivity contribution in [3.63, 3.8) is 0 Å². The Morgan fingerprint density at radius 2 is 1.84 bits per heavy atom. The lowest BCUT2D eigenvalue weighted by atomic mass is 9.74. The van der Waals surface area contributed by atoms with Gasteiger partial charge in [-0.2, -0.15) is 0 Å². The number of aliphatic hydroxyl groups excluding tert-OH is 2. The van der Waals surface area contributed by atoms with Crippen molar-refractivity contribution in [2.75, 3.05) is 18.9 Å². The average molecular weight is 474 g/mol. The fraction of sp³-hybridized carbons (Fsp3) is 0.529.